The van der Waals surface area contributed by atoms with Crippen molar-refractivity contribution >= 4 is 28.6 Å². The van der Waals surface area contributed by atoms with E-state index in [9.17, 15) is 13.2 Å². The highest BCUT2D eigenvalue weighted by Crippen LogP contribution is 2.35. The average Bonchev–Trinajstić information content (AvgIpc) is 2.32. The molecule has 110 valence electrons. The van der Waals surface area contributed by atoms with E-state index in [1.54, 1.807) is 0 Å². The molecule has 3 N–H and O–H groups in total. The van der Waals surface area contributed by atoms with Gasteiger partial charge in [0.25, 0.3) is 0 Å². The Kier molecular flexibility index (Phi) is 9.46. The summed E-state index contributed by atoms with van der Waals surface area (Å²) in [7, 11) is 0. The molecule has 0 unspecified atom stereocenters. The van der Waals surface area contributed by atoms with Crippen molar-refractivity contribution in [3.63, 3.8) is 0 Å². The SMILES string of the molecule is FC(F)(F)c1cc(S)ccc1Br.OCCNCCO. The van der Waals surface area contributed by atoms with Crippen molar-refractivity contribution in [3.8, 4) is 0 Å². The van der Waals surface area contributed by atoms with Crippen molar-refractivity contribution in [1.82, 2.24) is 5.32 Å². The Bertz CT molecular complexity index is 373. The maximum atomic E-state index is 12.2. The molecule has 0 aliphatic rings. The van der Waals surface area contributed by atoms with Crippen LogP contribution in [0, 0.1) is 0 Å². The topological polar surface area (TPSA) is 52.5 Å². The average molecular weight is 362 g/mol. The zero-order valence-corrected chi connectivity index (χ0v) is 12.4. The van der Waals surface area contributed by atoms with E-state index >= 15 is 0 Å². The summed E-state index contributed by atoms with van der Waals surface area (Å²) in [6.45, 7) is 1.42. The lowest BCUT2D eigenvalue weighted by Gasteiger charge is -2.08. The molecule has 0 fully saturated rings. The third-order valence-electron chi connectivity index (χ3n) is 1.83. The van der Waals surface area contributed by atoms with Crippen LogP contribution in [0.15, 0.2) is 27.6 Å². The monoisotopic (exact) mass is 361 g/mol. The minimum atomic E-state index is -4.32. The summed E-state index contributed by atoms with van der Waals surface area (Å²) in [6, 6.07) is 3.79. The molecule has 1 aromatic rings. The molecular weight excluding hydrogens is 347 g/mol. The number of rotatable bonds is 4. The number of benzene rings is 1. The zero-order valence-electron chi connectivity index (χ0n) is 9.91. The van der Waals surface area contributed by atoms with Gasteiger partial charge in [0.15, 0.2) is 0 Å². The first kappa shape index (κ1) is 18.7. The Morgan fingerprint density at radius 3 is 2.05 bits per heavy atom. The summed E-state index contributed by atoms with van der Waals surface area (Å²) in [5, 5.41) is 19.1. The van der Waals surface area contributed by atoms with E-state index in [0.717, 1.165) is 6.07 Å². The van der Waals surface area contributed by atoms with Gasteiger partial charge >= 0.3 is 6.18 Å². The van der Waals surface area contributed by atoms with Crippen LogP contribution in [-0.2, 0) is 6.18 Å². The van der Waals surface area contributed by atoms with E-state index in [-0.39, 0.29) is 17.7 Å². The minimum absolute atomic E-state index is 0.0350. The normalized spacial score (nSPS) is 10.9. The Morgan fingerprint density at radius 2 is 1.68 bits per heavy atom. The summed E-state index contributed by atoms with van der Waals surface area (Å²) in [5.74, 6) is 0. The van der Waals surface area contributed by atoms with E-state index in [4.69, 9.17) is 10.2 Å². The number of nitrogens with one attached hydrogen (secondary N) is 1. The van der Waals surface area contributed by atoms with Gasteiger partial charge in [-0.2, -0.15) is 13.2 Å². The molecule has 0 atom stereocenters. The standard InChI is InChI=1S/C7H4BrF3S.C4H11NO2/c8-6-2-1-4(12)3-5(6)7(9,10)11;6-3-1-5-2-4-7/h1-3,12H;5-7H,1-4H2. The second kappa shape index (κ2) is 9.60. The zero-order chi connectivity index (χ0) is 14.9. The maximum absolute atomic E-state index is 12.2. The highest BCUT2D eigenvalue weighted by atomic mass is 79.9. The molecule has 1 aromatic carbocycles. The fourth-order valence-corrected chi connectivity index (χ4v) is 1.69. The van der Waals surface area contributed by atoms with Crippen LogP contribution in [-0.4, -0.2) is 36.5 Å². The lowest BCUT2D eigenvalue weighted by molar-refractivity contribution is -0.138. The van der Waals surface area contributed by atoms with Crippen molar-refractivity contribution in [1.29, 1.82) is 0 Å². The van der Waals surface area contributed by atoms with Crippen LogP contribution in [0.2, 0.25) is 0 Å². The van der Waals surface area contributed by atoms with Gasteiger partial charge in [-0.15, -0.1) is 12.6 Å². The largest absolute Gasteiger partial charge is 0.417 e. The van der Waals surface area contributed by atoms with Crippen molar-refractivity contribution in [3.05, 3.63) is 28.2 Å². The molecule has 8 heteroatoms. The highest BCUT2D eigenvalue weighted by molar-refractivity contribution is 9.10. The summed E-state index contributed by atoms with van der Waals surface area (Å²) >= 11 is 6.62. The third-order valence-corrected chi connectivity index (χ3v) is 2.80. The smallest absolute Gasteiger partial charge is 0.395 e. The molecule has 0 amide bonds. The Morgan fingerprint density at radius 1 is 1.16 bits per heavy atom. The van der Waals surface area contributed by atoms with Gasteiger partial charge in [0.2, 0.25) is 0 Å². The maximum Gasteiger partial charge on any atom is 0.417 e. The van der Waals surface area contributed by atoms with Gasteiger partial charge in [-0.05, 0) is 18.2 Å². The number of thiol groups is 1. The van der Waals surface area contributed by atoms with E-state index < -0.39 is 11.7 Å². The van der Waals surface area contributed by atoms with Gasteiger partial charge in [0.1, 0.15) is 0 Å². The second-order valence-electron chi connectivity index (χ2n) is 3.36. The molecule has 0 spiro atoms. The van der Waals surface area contributed by atoms with E-state index in [1.807, 2.05) is 0 Å². The first-order valence-corrected chi connectivity index (χ1v) is 6.55. The fourth-order valence-electron chi connectivity index (χ4n) is 1.01. The Labute approximate surface area is 123 Å². The van der Waals surface area contributed by atoms with Crippen molar-refractivity contribution < 1.29 is 23.4 Å². The number of aliphatic hydroxyl groups is 2. The number of hydrogen-bond donors (Lipinski definition) is 4. The van der Waals surface area contributed by atoms with Crippen LogP contribution in [0.1, 0.15) is 5.56 Å². The van der Waals surface area contributed by atoms with Crippen LogP contribution >= 0.6 is 28.6 Å². The number of hydrogen-bond acceptors (Lipinski definition) is 4. The summed E-state index contributed by atoms with van der Waals surface area (Å²) in [4.78, 5) is 0.297. The lowest BCUT2D eigenvalue weighted by Crippen LogP contribution is -2.21. The van der Waals surface area contributed by atoms with Crippen LogP contribution in [0.5, 0.6) is 0 Å². The van der Waals surface area contributed by atoms with Crippen LogP contribution < -0.4 is 5.32 Å². The fraction of sp³-hybridized carbons (Fsp3) is 0.455. The lowest BCUT2D eigenvalue weighted by atomic mass is 10.2. The van der Waals surface area contributed by atoms with Gasteiger partial charge in [0, 0.05) is 22.5 Å². The van der Waals surface area contributed by atoms with Crippen LogP contribution in [0.3, 0.4) is 0 Å². The predicted molar refractivity (Wildman–Crippen MR) is 73.4 cm³/mol. The molecule has 0 aliphatic carbocycles. The van der Waals surface area contributed by atoms with Crippen molar-refractivity contribution in [2.24, 2.45) is 0 Å². The molecule has 0 bridgehead atoms. The molecule has 1 rings (SSSR count). The second-order valence-corrected chi connectivity index (χ2v) is 4.73. The molecule has 0 aromatic heterocycles. The summed E-state index contributed by atoms with van der Waals surface area (Å²) in [6.07, 6.45) is -4.32. The van der Waals surface area contributed by atoms with Crippen LogP contribution in [0.4, 0.5) is 13.2 Å². The molecule has 0 saturated heterocycles. The molecule has 0 saturated carbocycles. The van der Waals surface area contributed by atoms with Gasteiger partial charge in [-0.3, -0.25) is 0 Å². The third kappa shape index (κ3) is 8.48. The Balaban J connectivity index is 0.000000399. The molecular formula is C11H15BrF3NO2S. The molecule has 0 heterocycles. The molecule has 3 nitrogen and oxygen atoms in total. The number of alkyl halides is 3. The molecule has 19 heavy (non-hydrogen) atoms. The number of halogens is 4. The highest BCUT2D eigenvalue weighted by Gasteiger charge is 2.32. The van der Waals surface area contributed by atoms with Gasteiger partial charge < -0.3 is 15.5 Å². The molecule has 0 radical (unpaired) electrons. The first-order chi connectivity index (χ1) is 8.82. The first-order valence-electron chi connectivity index (χ1n) is 5.31. The van der Waals surface area contributed by atoms with E-state index in [2.05, 4.69) is 33.9 Å². The predicted octanol–water partition coefficient (Wildman–Crippen LogP) is 2.32. The number of aliphatic hydroxyl groups excluding tert-OH is 2. The van der Waals surface area contributed by atoms with Crippen LogP contribution in [0.25, 0.3) is 0 Å². The quantitative estimate of drug-likeness (QED) is 0.491. The van der Waals surface area contributed by atoms with Crippen molar-refractivity contribution in [2.45, 2.75) is 11.1 Å². The van der Waals surface area contributed by atoms with Gasteiger partial charge in [-0.25, -0.2) is 0 Å². The summed E-state index contributed by atoms with van der Waals surface area (Å²) in [5.41, 5.74) is -0.699. The van der Waals surface area contributed by atoms with Crippen molar-refractivity contribution in [2.75, 3.05) is 26.3 Å². The molecule has 0 aliphatic heterocycles. The van der Waals surface area contributed by atoms with Gasteiger partial charge in [0.05, 0.1) is 18.8 Å². The van der Waals surface area contributed by atoms with E-state index in [1.165, 1.54) is 12.1 Å². The Hall–Kier alpha value is -0.280. The minimum Gasteiger partial charge on any atom is -0.395 e. The van der Waals surface area contributed by atoms with Gasteiger partial charge in [-0.1, -0.05) is 15.9 Å². The van der Waals surface area contributed by atoms with E-state index in [0.29, 0.717) is 18.0 Å². The summed E-state index contributed by atoms with van der Waals surface area (Å²) < 4.78 is 36.5.